The van der Waals surface area contributed by atoms with Gasteiger partial charge in [-0.1, -0.05) is 30.3 Å². The molecule has 1 aromatic heterocycles. The molecule has 0 fully saturated rings. The van der Waals surface area contributed by atoms with Crippen LogP contribution in [0.15, 0.2) is 36.4 Å². The van der Waals surface area contributed by atoms with Gasteiger partial charge in [0.2, 0.25) is 5.82 Å². The van der Waals surface area contributed by atoms with Gasteiger partial charge in [-0.3, -0.25) is 15.4 Å². The van der Waals surface area contributed by atoms with Crippen molar-refractivity contribution in [2.45, 2.75) is 19.4 Å². The molecule has 2 rings (SSSR count). The Bertz CT molecular complexity index is 800. The number of nitrogen functional groups attached to an aromatic ring is 1. The molecule has 0 radical (unpaired) electrons. The predicted octanol–water partition coefficient (Wildman–Crippen LogP) is 2.68. The second-order valence-corrected chi connectivity index (χ2v) is 5.53. The topological polar surface area (TPSA) is 153 Å². The number of hydrogen-bond acceptors (Lipinski definition) is 8. The lowest BCUT2D eigenvalue weighted by Crippen LogP contribution is -2.16. The first-order valence-electron chi connectivity index (χ1n) is 8.28. The summed E-state index contributed by atoms with van der Waals surface area (Å²) < 4.78 is 4.75. The van der Waals surface area contributed by atoms with Crippen LogP contribution < -0.4 is 16.4 Å². The van der Waals surface area contributed by atoms with Gasteiger partial charge in [-0.2, -0.15) is 0 Å². The van der Waals surface area contributed by atoms with Crippen molar-refractivity contribution in [3.8, 4) is 0 Å². The van der Waals surface area contributed by atoms with E-state index in [4.69, 9.17) is 10.5 Å². The first kappa shape index (κ1) is 19.9. The average Bonchev–Trinajstić information content (AvgIpc) is 2.61. The van der Waals surface area contributed by atoms with Gasteiger partial charge < -0.3 is 20.9 Å². The minimum absolute atomic E-state index is 0.0163. The highest BCUT2D eigenvalue weighted by Crippen LogP contribution is 2.32. The fourth-order valence-electron chi connectivity index (χ4n) is 2.41. The van der Waals surface area contributed by atoms with Crippen LogP contribution in [0.1, 0.15) is 25.0 Å². The fourth-order valence-corrected chi connectivity index (χ4v) is 2.41. The number of aliphatic hydroxyl groups excluding tert-OH is 1. The molecule has 1 unspecified atom stereocenters. The van der Waals surface area contributed by atoms with Crippen LogP contribution in [0, 0.1) is 10.1 Å². The zero-order valence-corrected chi connectivity index (χ0v) is 14.7. The smallest absolute Gasteiger partial charge is 0.412 e. The number of benzene rings is 1. The Kier molecular flexibility index (Phi) is 6.89. The van der Waals surface area contributed by atoms with E-state index in [0.29, 0.717) is 6.42 Å². The number of nitrogens with zero attached hydrogens (tertiary/aromatic N) is 2. The van der Waals surface area contributed by atoms with Gasteiger partial charge in [-0.15, -0.1) is 0 Å². The second-order valence-electron chi connectivity index (χ2n) is 5.53. The SMILES string of the molecule is CCOC(=O)Nc1cc(NCCC(O)c2ccccc2)c([N+](=O)[O-])c(N)n1. The van der Waals surface area contributed by atoms with E-state index >= 15 is 0 Å². The van der Waals surface area contributed by atoms with Gasteiger partial charge in [-0.25, -0.2) is 9.78 Å². The summed E-state index contributed by atoms with van der Waals surface area (Å²) in [6.07, 6.45) is -1.16. The number of hydrogen-bond donors (Lipinski definition) is 4. The number of nitrogens with two attached hydrogens (primary N) is 1. The Hall–Kier alpha value is -3.40. The summed E-state index contributed by atoms with van der Waals surface area (Å²) in [6.45, 7) is 2.04. The zero-order chi connectivity index (χ0) is 19.8. The molecule has 144 valence electrons. The monoisotopic (exact) mass is 375 g/mol. The quantitative estimate of drug-likeness (QED) is 0.406. The predicted molar refractivity (Wildman–Crippen MR) is 100 cm³/mol. The van der Waals surface area contributed by atoms with Crippen molar-refractivity contribution in [1.29, 1.82) is 0 Å². The Morgan fingerprint density at radius 2 is 2.11 bits per heavy atom. The van der Waals surface area contributed by atoms with Crippen LogP contribution in [0.3, 0.4) is 0 Å². The number of pyridine rings is 1. The van der Waals surface area contributed by atoms with Crippen LogP contribution in [-0.4, -0.2) is 34.3 Å². The highest BCUT2D eigenvalue weighted by atomic mass is 16.6. The van der Waals surface area contributed by atoms with Gasteiger partial charge in [0, 0.05) is 12.6 Å². The highest BCUT2D eigenvalue weighted by molar-refractivity contribution is 5.86. The summed E-state index contributed by atoms with van der Waals surface area (Å²) in [7, 11) is 0. The van der Waals surface area contributed by atoms with E-state index in [2.05, 4.69) is 15.6 Å². The van der Waals surface area contributed by atoms with Gasteiger partial charge in [0.1, 0.15) is 11.5 Å². The molecule has 1 atom stereocenters. The Morgan fingerprint density at radius 3 is 2.74 bits per heavy atom. The van der Waals surface area contributed by atoms with Gasteiger partial charge in [0.15, 0.2) is 0 Å². The first-order chi connectivity index (χ1) is 12.9. The van der Waals surface area contributed by atoms with Gasteiger partial charge in [-0.05, 0) is 18.9 Å². The average molecular weight is 375 g/mol. The van der Waals surface area contributed by atoms with E-state index in [1.807, 2.05) is 18.2 Å². The van der Waals surface area contributed by atoms with Crippen LogP contribution in [0.4, 0.5) is 27.8 Å². The summed E-state index contributed by atoms with van der Waals surface area (Å²) in [5, 5.41) is 26.7. The number of aliphatic hydroxyl groups is 1. The van der Waals surface area contributed by atoms with Crippen molar-refractivity contribution in [2.75, 3.05) is 29.5 Å². The van der Waals surface area contributed by atoms with E-state index in [1.165, 1.54) is 6.07 Å². The number of carbonyl (C=O) groups is 1. The largest absolute Gasteiger partial charge is 0.450 e. The fraction of sp³-hybridized carbons (Fsp3) is 0.294. The van der Waals surface area contributed by atoms with E-state index in [-0.39, 0.29) is 30.5 Å². The molecule has 0 spiro atoms. The van der Waals surface area contributed by atoms with E-state index in [9.17, 15) is 20.0 Å². The van der Waals surface area contributed by atoms with Crippen molar-refractivity contribution >= 4 is 29.1 Å². The van der Waals surface area contributed by atoms with Crippen molar-refractivity contribution in [3.63, 3.8) is 0 Å². The summed E-state index contributed by atoms with van der Waals surface area (Å²) in [5.41, 5.74) is 6.08. The lowest BCUT2D eigenvalue weighted by Gasteiger charge is -2.14. The Labute approximate surface area is 155 Å². The van der Waals surface area contributed by atoms with Gasteiger partial charge in [0.25, 0.3) is 0 Å². The lowest BCUT2D eigenvalue weighted by atomic mass is 10.1. The van der Waals surface area contributed by atoms with Crippen molar-refractivity contribution in [1.82, 2.24) is 4.98 Å². The summed E-state index contributed by atoms with van der Waals surface area (Å²) in [4.78, 5) is 25.9. The van der Waals surface area contributed by atoms with Gasteiger partial charge in [0.05, 0.1) is 17.6 Å². The third kappa shape index (κ3) is 5.54. The summed E-state index contributed by atoms with van der Waals surface area (Å²) in [5.74, 6) is -0.330. The Morgan fingerprint density at radius 1 is 1.41 bits per heavy atom. The normalized spacial score (nSPS) is 11.5. The number of nitro groups is 1. The third-order valence-electron chi connectivity index (χ3n) is 3.63. The molecule has 0 aliphatic carbocycles. The maximum atomic E-state index is 11.5. The van der Waals surface area contributed by atoms with Crippen LogP contribution in [-0.2, 0) is 4.74 Å². The molecule has 1 heterocycles. The van der Waals surface area contributed by atoms with Crippen molar-refractivity contribution < 1.29 is 19.6 Å². The molecular formula is C17H21N5O5. The number of nitrogens with one attached hydrogen (secondary N) is 2. The summed E-state index contributed by atoms with van der Waals surface area (Å²) in [6, 6.07) is 10.3. The Balaban J connectivity index is 2.11. The molecule has 1 aromatic carbocycles. The van der Waals surface area contributed by atoms with Crippen LogP contribution in [0.5, 0.6) is 0 Å². The van der Waals surface area contributed by atoms with Crippen molar-refractivity contribution in [3.05, 3.63) is 52.1 Å². The molecule has 0 aliphatic heterocycles. The maximum Gasteiger partial charge on any atom is 0.412 e. The number of amides is 1. The number of ether oxygens (including phenoxy) is 1. The van der Waals surface area contributed by atoms with Crippen molar-refractivity contribution in [2.24, 2.45) is 0 Å². The minimum Gasteiger partial charge on any atom is -0.450 e. The molecule has 1 amide bonds. The molecule has 27 heavy (non-hydrogen) atoms. The molecule has 0 aliphatic rings. The van der Waals surface area contributed by atoms with Gasteiger partial charge >= 0.3 is 11.8 Å². The molecule has 5 N–H and O–H groups in total. The summed E-state index contributed by atoms with van der Waals surface area (Å²) >= 11 is 0. The lowest BCUT2D eigenvalue weighted by molar-refractivity contribution is -0.383. The number of carbonyl (C=O) groups excluding carboxylic acids is 1. The second kappa shape index (κ2) is 9.34. The van der Waals surface area contributed by atoms with E-state index < -0.39 is 22.8 Å². The molecule has 0 saturated heterocycles. The minimum atomic E-state index is -0.747. The van der Waals surface area contributed by atoms with E-state index in [1.54, 1.807) is 19.1 Å². The molecule has 10 heteroatoms. The standard InChI is InChI=1S/C17H21N5O5/c1-2-27-17(24)21-14-10-12(15(22(25)26)16(18)20-14)19-9-8-13(23)11-6-4-3-5-7-11/h3-7,10,13,23H,2,8-9H2,1H3,(H4,18,19,20,21,24). The van der Waals surface area contributed by atoms with Crippen LogP contribution >= 0.6 is 0 Å². The zero-order valence-electron chi connectivity index (χ0n) is 14.7. The number of rotatable bonds is 8. The van der Waals surface area contributed by atoms with E-state index in [0.717, 1.165) is 5.56 Å². The highest BCUT2D eigenvalue weighted by Gasteiger charge is 2.22. The molecule has 0 bridgehead atoms. The van der Waals surface area contributed by atoms with Crippen LogP contribution in [0.25, 0.3) is 0 Å². The number of aromatic nitrogens is 1. The molecule has 10 nitrogen and oxygen atoms in total. The maximum absolute atomic E-state index is 11.5. The molecular weight excluding hydrogens is 354 g/mol. The first-order valence-corrected chi connectivity index (χ1v) is 8.28. The number of anilines is 3. The molecule has 2 aromatic rings. The third-order valence-corrected chi connectivity index (χ3v) is 3.63. The van der Waals surface area contributed by atoms with Crippen LogP contribution in [0.2, 0.25) is 0 Å². The molecule has 0 saturated carbocycles.